The largest absolute Gasteiger partial charge is 0.508 e. The molecule has 0 aromatic heterocycles. The van der Waals surface area contributed by atoms with Crippen LogP contribution in [0.15, 0.2) is 48.5 Å². The Morgan fingerprint density at radius 2 is 1.56 bits per heavy atom. The number of methoxy groups -OCH3 is 1. The number of aliphatic hydroxyl groups excluding tert-OH is 1. The Bertz CT molecular complexity index is 732. The summed E-state index contributed by atoms with van der Waals surface area (Å²) < 4.78 is 11.3. The van der Waals surface area contributed by atoms with Gasteiger partial charge in [-0.25, -0.2) is 0 Å². The molecule has 2 aliphatic rings. The molecular formula is C22H27NO4. The number of nitrogens with zero attached hydrogens (tertiary/aromatic N) is 1. The maximum absolute atomic E-state index is 10.5. The SMILES string of the molecule is COc1ccc(O[C@H]2C[C@@H]3CN(C[C@H](O)c4ccc(O)cc4)C[C@@H]3C2)cc1. The first-order valence-electron chi connectivity index (χ1n) is 9.61. The average molecular weight is 369 g/mol. The van der Waals surface area contributed by atoms with Crippen LogP contribution < -0.4 is 9.47 Å². The lowest BCUT2D eigenvalue weighted by Gasteiger charge is -2.22. The van der Waals surface area contributed by atoms with Crippen molar-refractivity contribution in [3.8, 4) is 17.2 Å². The number of aliphatic hydroxyl groups is 1. The lowest BCUT2D eigenvalue weighted by Crippen LogP contribution is -2.28. The number of benzene rings is 2. The summed E-state index contributed by atoms with van der Waals surface area (Å²) in [7, 11) is 1.67. The number of hydrogen-bond donors (Lipinski definition) is 2. The first-order valence-corrected chi connectivity index (χ1v) is 9.61. The van der Waals surface area contributed by atoms with Gasteiger partial charge >= 0.3 is 0 Å². The molecule has 2 aromatic rings. The second-order valence-electron chi connectivity index (χ2n) is 7.73. The minimum atomic E-state index is -0.518. The molecule has 1 saturated heterocycles. The standard InChI is InChI=1S/C22H27NO4/c1-26-19-6-8-20(9-7-19)27-21-10-16-12-23(13-17(16)11-21)14-22(25)15-2-4-18(24)5-3-15/h2-9,16-17,21-22,24-25H,10-14H2,1H3/t16-,17+,21+,22-/m0/s1. The second-order valence-corrected chi connectivity index (χ2v) is 7.73. The molecule has 0 unspecified atom stereocenters. The molecule has 0 spiro atoms. The fourth-order valence-electron chi connectivity index (χ4n) is 4.48. The van der Waals surface area contributed by atoms with Crippen molar-refractivity contribution in [2.45, 2.75) is 25.0 Å². The monoisotopic (exact) mass is 369 g/mol. The Kier molecular flexibility index (Phi) is 5.23. The van der Waals surface area contributed by atoms with Gasteiger partial charge in [0.15, 0.2) is 0 Å². The molecule has 1 heterocycles. The van der Waals surface area contributed by atoms with E-state index in [2.05, 4.69) is 4.90 Å². The molecule has 2 fully saturated rings. The third kappa shape index (κ3) is 4.20. The van der Waals surface area contributed by atoms with Crippen molar-refractivity contribution in [3.05, 3.63) is 54.1 Å². The lowest BCUT2D eigenvalue weighted by atomic mass is 10.0. The summed E-state index contributed by atoms with van der Waals surface area (Å²) in [6.07, 6.45) is 1.90. The third-order valence-electron chi connectivity index (χ3n) is 5.85. The van der Waals surface area contributed by atoms with Crippen molar-refractivity contribution in [3.63, 3.8) is 0 Å². The Labute approximate surface area is 160 Å². The number of rotatable bonds is 6. The van der Waals surface area contributed by atoms with Crippen molar-refractivity contribution >= 4 is 0 Å². The van der Waals surface area contributed by atoms with Gasteiger partial charge in [-0.05, 0) is 66.6 Å². The fraction of sp³-hybridized carbons (Fsp3) is 0.455. The second kappa shape index (κ2) is 7.79. The van der Waals surface area contributed by atoms with E-state index in [4.69, 9.17) is 9.47 Å². The highest BCUT2D eigenvalue weighted by Crippen LogP contribution is 2.40. The van der Waals surface area contributed by atoms with Crippen molar-refractivity contribution < 1.29 is 19.7 Å². The number of aromatic hydroxyl groups is 1. The number of phenolic OH excluding ortho intramolecular Hbond substituents is 1. The summed E-state index contributed by atoms with van der Waals surface area (Å²) in [6.45, 7) is 2.67. The van der Waals surface area contributed by atoms with E-state index in [1.54, 1.807) is 31.4 Å². The van der Waals surface area contributed by atoms with Crippen molar-refractivity contribution in [2.75, 3.05) is 26.7 Å². The van der Waals surface area contributed by atoms with Crippen molar-refractivity contribution in [1.82, 2.24) is 4.90 Å². The normalized spacial score (nSPS) is 25.9. The lowest BCUT2D eigenvalue weighted by molar-refractivity contribution is 0.116. The maximum Gasteiger partial charge on any atom is 0.119 e. The highest BCUT2D eigenvalue weighted by Gasteiger charge is 2.42. The van der Waals surface area contributed by atoms with Gasteiger partial charge in [0, 0.05) is 19.6 Å². The van der Waals surface area contributed by atoms with Gasteiger partial charge in [0.1, 0.15) is 17.2 Å². The molecule has 2 aromatic carbocycles. The number of ether oxygens (including phenoxy) is 2. The van der Waals surface area contributed by atoms with Crippen molar-refractivity contribution in [1.29, 1.82) is 0 Å². The van der Waals surface area contributed by atoms with E-state index in [0.717, 1.165) is 43.0 Å². The highest BCUT2D eigenvalue weighted by molar-refractivity contribution is 5.31. The molecule has 27 heavy (non-hydrogen) atoms. The van der Waals surface area contributed by atoms with Gasteiger partial charge < -0.3 is 19.7 Å². The number of likely N-dealkylation sites (tertiary alicyclic amines) is 1. The highest BCUT2D eigenvalue weighted by atomic mass is 16.5. The molecule has 0 radical (unpaired) electrons. The molecule has 4 rings (SSSR count). The van der Waals surface area contributed by atoms with Gasteiger partial charge in [-0.2, -0.15) is 0 Å². The van der Waals surface area contributed by atoms with Gasteiger partial charge in [-0.3, -0.25) is 4.90 Å². The molecule has 2 N–H and O–H groups in total. The summed E-state index contributed by atoms with van der Waals surface area (Å²) in [5.74, 6) is 3.25. The predicted octanol–water partition coefficient (Wildman–Crippen LogP) is 3.22. The van der Waals surface area contributed by atoms with E-state index in [1.807, 2.05) is 24.3 Å². The Balaban J connectivity index is 1.27. The number of β-amino-alcohol motifs (C(OH)–C–C–N with tert-alkyl or cyclic N) is 1. The molecule has 5 nitrogen and oxygen atoms in total. The van der Waals surface area contributed by atoms with Crippen LogP contribution >= 0.6 is 0 Å². The van der Waals surface area contributed by atoms with Crippen LogP contribution in [0, 0.1) is 11.8 Å². The number of phenols is 1. The molecular weight excluding hydrogens is 342 g/mol. The zero-order chi connectivity index (χ0) is 18.8. The van der Waals surface area contributed by atoms with Gasteiger partial charge in [-0.1, -0.05) is 12.1 Å². The molecule has 1 aliphatic carbocycles. The summed E-state index contributed by atoms with van der Waals surface area (Å²) >= 11 is 0. The molecule has 0 bridgehead atoms. The van der Waals surface area contributed by atoms with Crippen LogP contribution in [0.3, 0.4) is 0 Å². The van der Waals surface area contributed by atoms with Gasteiger partial charge in [0.05, 0.1) is 19.3 Å². The minimum absolute atomic E-state index is 0.226. The van der Waals surface area contributed by atoms with Crippen LogP contribution in [0.25, 0.3) is 0 Å². The van der Waals surface area contributed by atoms with Crippen LogP contribution in [0.1, 0.15) is 24.5 Å². The summed E-state index contributed by atoms with van der Waals surface area (Å²) in [5.41, 5.74) is 0.852. The average Bonchev–Trinajstić information content (AvgIpc) is 3.20. The Morgan fingerprint density at radius 1 is 0.963 bits per heavy atom. The quantitative estimate of drug-likeness (QED) is 0.819. The van der Waals surface area contributed by atoms with Gasteiger partial charge in [0.25, 0.3) is 0 Å². The number of hydrogen-bond acceptors (Lipinski definition) is 5. The molecule has 4 atom stereocenters. The van der Waals surface area contributed by atoms with E-state index >= 15 is 0 Å². The molecule has 5 heteroatoms. The summed E-state index contributed by atoms with van der Waals surface area (Å²) in [5, 5.41) is 19.8. The maximum atomic E-state index is 10.5. The van der Waals surface area contributed by atoms with E-state index in [-0.39, 0.29) is 11.9 Å². The Morgan fingerprint density at radius 3 is 2.15 bits per heavy atom. The summed E-state index contributed by atoms with van der Waals surface area (Å²) in [6, 6.07) is 14.6. The van der Waals surface area contributed by atoms with E-state index in [1.165, 1.54) is 0 Å². The Hall–Kier alpha value is -2.24. The molecule has 144 valence electrons. The predicted molar refractivity (Wildman–Crippen MR) is 103 cm³/mol. The molecule has 0 amide bonds. The smallest absolute Gasteiger partial charge is 0.119 e. The van der Waals surface area contributed by atoms with Crippen LogP contribution in [0.5, 0.6) is 17.2 Å². The zero-order valence-corrected chi connectivity index (χ0v) is 15.6. The van der Waals surface area contributed by atoms with E-state index in [0.29, 0.717) is 18.4 Å². The topological polar surface area (TPSA) is 62.2 Å². The van der Waals surface area contributed by atoms with Crippen LogP contribution in [-0.4, -0.2) is 48.0 Å². The van der Waals surface area contributed by atoms with E-state index < -0.39 is 6.10 Å². The molecule has 1 aliphatic heterocycles. The molecule has 1 saturated carbocycles. The first-order chi connectivity index (χ1) is 13.1. The van der Waals surface area contributed by atoms with Gasteiger partial charge in [-0.15, -0.1) is 0 Å². The van der Waals surface area contributed by atoms with Crippen LogP contribution in [0.2, 0.25) is 0 Å². The summed E-state index contributed by atoms with van der Waals surface area (Å²) in [4.78, 5) is 2.36. The number of fused-ring (bicyclic) bond motifs is 1. The van der Waals surface area contributed by atoms with E-state index in [9.17, 15) is 10.2 Å². The van der Waals surface area contributed by atoms with Gasteiger partial charge in [0.2, 0.25) is 0 Å². The first kappa shape index (κ1) is 18.1. The zero-order valence-electron chi connectivity index (χ0n) is 15.6. The van der Waals surface area contributed by atoms with Crippen LogP contribution in [0.4, 0.5) is 0 Å². The van der Waals surface area contributed by atoms with Crippen molar-refractivity contribution in [2.24, 2.45) is 11.8 Å². The fourth-order valence-corrected chi connectivity index (χ4v) is 4.48. The van der Waals surface area contributed by atoms with Crippen LogP contribution in [-0.2, 0) is 0 Å². The minimum Gasteiger partial charge on any atom is -0.508 e. The third-order valence-corrected chi connectivity index (χ3v) is 5.85.